The van der Waals surface area contributed by atoms with Crippen LogP contribution in [0.25, 0.3) is 0 Å². The number of aliphatic hydroxyl groups excluding tert-OH is 3. The van der Waals surface area contributed by atoms with Crippen LogP contribution in [0.5, 0.6) is 0 Å². The van der Waals surface area contributed by atoms with Crippen LogP contribution < -0.4 is 0 Å². The maximum atomic E-state index is 12.8. The fourth-order valence-electron chi connectivity index (χ4n) is 6.14. The topological polar surface area (TPSA) is 186 Å². The minimum absolute atomic E-state index is 0.0768. The van der Waals surface area contributed by atoms with Crippen molar-refractivity contribution in [3.63, 3.8) is 0 Å². The van der Waals surface area contributed by atoms with E-state index in [9.17, 15) is 37.9 Å². The van der Waals surface area contributed by atoms with Crippen molar-refractivity contribution in [2.24, 2.45) is 0 Å². The summed E-state index contributed by atoms with van der Waals surface area (Å²) >= 11 is 0. The van der Waals surface area contributed by atoms with E-state index in [0.717, 1.165) is 83.5 Å². The lowest BCUT2D eigenvalue weighted by atomic mass is 10.00. The summed E-state index contributed by atoms with van der Waals surface area (Å²) in [6.07, 6.45) is 50.7. The van der Waals surface area contributed by atoms with Gasteiger partial charge in [-0.2, -0.15) is 8.42 Å². The molecule has 12 nitrogen and oxygen atoms in total. The molecule has 0 aromatic heterocycles. The van der Waals surface area contributed by atoms with E-state index in [4.69, 9.17) is 18.9 Å². The number of carbonyl (C=O) groups excluding carboxylic acids is 2. The Morgan fingerprint density at radius 2 is 0.939 bits per heavy atom. The molecule has 0 bridgehead atoms. The Bertz CT molecular complexity index is 1720. The monoisotopic (exact) mass is 941 g/mol. The summed E-state index contributed by atoms with van der Waals surface area (Å²) in [5.74, 6) is -2.16. The van der Waals surface area contributed by atoms with Crippen molar-refractivity contribution in [3.05, 3.63) is 134 Å². The Hall–Kier alpha value is -4.21. The van der Waals surface area contributed by atoms with Gasteiger partial charge in [-0.25, -0.2) is 0 Å². The SMILES string of the molecule is CC/C=C/C/C=C/C/C=C/C/C=C/C/C=C/C/C=C/CCC(=O)OC[C@H](CO[C@H]1O[C@H](CS(=O)(=O)O)[C@@H](O)C(O)C1O)OC(=O)CCCCC/C=C/C/C=C/C/C=C/C/C=C/C/C=C/CC. The van der Waals surface area contributed by atoms with Crippen molar-refractivity contribution >= 4 is 22.1 Å². The molecule has 370 valence electrons. The van der Waals surface area contributed by atoms with Crippen LogP contribution in [-0.4, -0.2) is 96.0 Å². The third-order valence-electron chi connectivity index (χ3n) is 9.74. The van der Waals surface area contributed by atoms with E-state index in [1.807, 2.05) is 12.2 Å². The molecule has 0 spiro atoms. The zero-order chi connectivity index (χ0) is 48.4. The van der Waals surface area contributed by atoms with Crippen molar-refractivity contribution in [1.82, 2.24) is 0 Å². The molecule has 0 radical (unpaired) electrons. The lowest BCUT2D eigenvalue weighted by molar-refractivity contribution is -0.297. The fourth-order valence-corrected chi connectivity index (χ4v) is 6.83. The van der Waals surface area contributed by atoms with Crippen molar-refractivity contribution in [3.8, 4) is 0 Å². The second-order valence-electron chi connectivity index (χ2n) is 15.7. The van der Waals surface area contributed by atoms with Crippen molar-refractivity contribution < 1.29 is 56.8 Å². The molecule has 0 saturated carbocycles. The highest BCUT2D eigenvalue weighted by Crippen LogP contribution is 2.24. The van der Waals surface area contributed by atoms with E-state index in [-0.39, 0.29) is 19.4 Å². The normalized spacial score (nSPS) is 20.6. The molecule has 0 amide bonds. The minimum Gasteiger partial charge on any atom is -0.462 e. The molecule has 1 aliphatic rings. The summed E-state index contributed by atoms with van der Waals surface area (Å²) in [7, 11) is -4.63. The number of allylic oxidation sites excluding steroid dienone is 22. The standard InChI is InChI=1S/C53H80O12S/c1-3-5-7-9-11-13-15-17-19-21-23-25-27-29-31-33-35-37-39-41-48(54)62-43-46(44-63-53-52(58)51(57)50(56)47(65-53)45-66(59,60)61)64-49(55)42-40-38-36-34-32-30-28-26-24-22-20-18-16-14-12-10-8-6-4-2/h5-8,11-14,17-20,23-26,29-32,35,37,46-47,50-53,56-58H,3-4,9-10,15-16,21-22,27-28,33-34,36,38-45H2,1-2H3,(H,59,60,61)/b7-5+,8-6+,13-11+,14-12+,19-17+,20-18+,25-23+,26-24+,31-29+,32-30+,37-35+/t46-,47-,50-,51?,52?,53+/m1/s1. The smallest absolute Gasteiger partial charge is 0.306 e. The second kappa shape index (κ2) is 41.0. The molecule has 1 rings (SSSR count). The first kappa shape index (κ1) is 59.8. The van der Waals surface area contributed by atoms with Gasteiger partial charge in [-0.05, 0) is 96.3 Å². The van der Waals surface area contributed by atoms with Gasteiger partial charge in [0.05, 0.1) is 6.61 Å². The zero-order valence-electron chi connectivity index (χ0n) is 39.5. The van der Waals surface area contributed by atoms with Crippen molar-refractivity contribution in [2.45, 2.75) is 166 Å². The van der Waals surface area contributed by atoms with Gasteiger partial charge in [-0.15, -0.1) is 0 Å². The highest BCUT2D eigenvalue weighted by atomic mass is 32.2. The molecule has 1 heterocycles. The molecular formula is C53H80O12S. The number of hydrogen-bond donors (Lipinski definition) is 4. The predicted octanol–water partition coefficient (Wildman–Crippen LogP) is 10.3. The first-order valence-corrected chi connectivity index (χ1v) is 25.4. The van der Waals surface area contributed by atoms with Crippen LogP contribution in [0.3, 0.4) is 0 Å². The van der Waals surface area contributed by atoms with Gasteiger partial charge in [0.1, 0.15) is 36.8 Å². The van der Waals surface area contributed by atoms with Crippen LogP contribution in [0, 0.1) is 0 Å². The minimum atomic E-state index is -4.63. The van der Waals surface area contributed by atoms with Gasteiger partial charge in [0.15, 0.2) is 12.4 Å². The van der Waals surface area contributed by atoms with Gasteiger partial charge in [0, 0.05) is 12.8 Å². The van der Waals surface area contributed by atoms with E-state index in [1.54, 1.807) is 0 Å². The fraction of sp³-hybridized carbons (Fsp3) is 0.547. The molecule has 13 heteroatoms. The summed E-state index contributed by atoms with van der Waals surface area (Å²) in [5, 5.41) is 30.9. The van der Waals surface area contributed by atoms with E-state index in [2.05, 4.69) is 135 Å². The lowest BCUT2D eigenvalue weighted by Gasteiger charge is -2.40. The van der Waals surface area contributed by atoms with Crippen LogP contribution >= 0.6 is 0 Å². The predicted molar refractivity (Wildman–Crippen MR) is 265 cm³/mol. The Labute approximate surface area is 396 Å². The quantitative estimate of drug-likeness (QED) is 0.0200. The van der Waals surface area contributed by atoms with Crippen LogP contribution in [0.15, 0.2) is 134 Å². The van der Waals surface area contributed by atoms with E-state index in [0.29, 0.717) is 19.3 Å². The van der Waals surface area contributed by atoms with Crippen LogP contribution in [0.1, 0.15) is 129 Å². The van der Waals surface area contributed by atoms with Gasteiger partial charge in [0.2, 0.25) is 0 Å². The number of carbonyl (C=O) groups is 2. The van der Waals surface area contributed by atoms with Crippen molar-refractivity contribution in [2.75, 3.05) is 19.0 Å². The molecule has 1 aliphatic heterocycles. The number of esters is 2. The Morgan fingerprint density at radius 1 is 0.515 bits per heavy atom. The van der Waals surface area contributed by atoms with Gasteiger partial charge in [0.25, 0.3) is 10.1 Å². The average Bonchev–Trinajstić information content (AvgIpc) is 3.28. The Balaban J connectivity index is 2.52. The summed E-state index contributed by atoms with van der Waals surface area (Å²) in [5.41, 5.74) is 0. The van der Waals surface area contributed by atoms with Crippen LogP contribution in [-0.2, 0) is 38.7 Å². The zero-order valence-corrected chi connectivity index (χ0v) is 40.3. The van der Waals surface area contributed by atoms with Crippen LogP contribution in [0.2, 0.25) is 0 Å². The van der Waals surface area contributed by atoms with Crippen LogP contribution in [0.4, 0.5) is 0 Å². The summed E-state index contributed by atoms with van der Waals surface area (Å²) in [4.78, 5) is 25.4. The Morgan fingerprint density at radius 3 is 1.38 bits per heavy atom. The Kier molecular flexibility index (Phi) is 37.2. The van der Waals surface area contributed by atoms with Gasteiger partial charge in [-0.3, -0.25) is 14.1 Å². The molecule has 4 N–H and O–H groups in total. The first-order valence-electron chi connectivity index (χ1n) is 23.7. The molecule has 1 saturated heterocycles. The number of ether oxygens (including phenoxy) is 4. The number of unbranched alkanes of at least 4 members (excludes halogenated alkanes) is 3. The molecule has 6 atom stereocenters. The number of aliphatic hydroxyl groups is 3. The molecule has 0 aliphatic carbocycles. The van der Waals surface area contributed by atoms with E-state index >= 15 is 0 Å². The maximum Gasteiger partial charge on any atom is 0.306 e. The largest absolute Gasteiger partial charge is 0.462 e. The van der Waals surface area contributed by atoms with E-state index < -0.39 is 71.2 Å². The third kappa shape index (κ3) is 35.0. The highest BCUT2D eigenvalue weighted by molar-refractivity contribution is 7.85. The van der Waals surface area contributed by atoms with Gasteiger partial charge < -0.3 is 34.3 Å². The molecular weight excluding hydrogens is 861 g/mol. The average molecular weight is 941 g/mol. The van der Waals surface area contributed by atoms with E-state index in [1.165, 1.54) is 0 Å². The third-order valence-corrected chi connectivity index (χ3v) is 10.5. The lowest BCUT2D eigenvalue weighted by Crippen LogP contribution is -2.60. The molecule has 0 aromatic carbocycles. The number of hydrogen-bond acceptors (Lipinski definition) is 11. The summed E-state index contributed by atoms with van der Waals surface area (Å²) < 4.78 is 54.0. The molecule has 66 heavy (non-hydrogen) atoms. The van der Waals surface area contributed by atoms with Gasteiger partial charge >= 0.3 is 11.9 Å². The summed E-state index contributed by atoms with van der Waals surface area (Å²) in [6.45, 7) is 3.42. The molecule has 1 fully saturated rings. The molecule has 2 unspecified atom stereocenters. The maximum absolute atomic E-state index is 12.8. The first-order chi connectivity index (χ1) is 32.0. The number of rotatable bonds is 37. The molecule has 0 aromatic rings. The summed E-state index contributed by atoms with van der Waals surface area (Å²) in [6, 6.07) is 0. The van der Waals surface area contributed by atoms with Crippen molar-refractivity contribution in [1.29, 1.82) is 0 Å². The highest BCUT2D eigenvalue weighted by Gasteiger charge is 2.46. The van der Waals surface area contributed by atoms with Gasteiger partial charge in [-0.1, -0.05) is 154 Å². The second-order valence-corrected chi connectivity index (χ2v) is 17.1.